The van der Waals surface area contributed by atoms with Gasteiger partial charge in [0.15, 0.2) is 0 Å². The summed E-state index contributed by atoms with van der Waals surface area (Å²) in [7, 11) is -2.18. The van der Waals surface area contributed by atoms with Crippen molar-refractivity contribution in [1.29, 1.82) is 0 Å². The van der Waals surface area contributed by atoms with Crippen LogP contribution in [0.4, 0.5) is 0 Å². The van der Waals surface area contributed by atoms with E-state index in [0.717, 1.165) is 12.8 Å². The predicted molar refractivity (Wildman–Crippen MR) is 131 cm³/mol. The highest BCUT2D eigenvalue weighted by Crippen LogP contribution is 2.35. The van der Waals surface area contributed by atoms with Gasteiger partial charge in [-0.2, -0.15) is 4.31 Å². The van der Waals surface area contributed by atoms with Gasteiger partial charge in [0.05, 0.1) is 13.2 Å². The number of aliphatic hydroxyl groups is 1. The highest BCUT2D eigenvalue weighted by molar-refractivity contribution is 7.89. The molecule has 2 aliphatic rings. The Morgan fingerprint density at radius 3 is 2.71 bits per heavy atom. The number of carbonyl (C=O) groups is 1. The number of benzene rings is 1. The Hall–Kier alpha value is -2.93. The average Bonchev–Trinajstić information content (AvgIpc) is 3.70. The maximum absolute atomic E-state index is 13.6. The SMILES string of the molecule is C[C@@H]1CN([C@@H](C)CO)S(=O)(=O)c2ccc(C#Cc3ccccn3)cc2O[C@H]1CN(C)C(=O)C1CC1. The van der Waals surface area contributed by atoms with Crippen molar-refractivity contribution in [2.24, 2.45) is 11.8 Å². The van der Waals surface area contributed by atoms with Crippen LogP contribution >= 0.6 is 0 Å². The van der Waals surface area contributed by atoms with Crippen LogP contribution in [0, 0.1) is 23.7 Å². The molecule has 186 valence electrons. The van der Waals surface area contributed by atoms with Gasteiger partial charge in [-0.3, -0.25) is 4.79 Å². The van der Waals surface area contributed by atoms with Gasteiger partial charge in [0.25, 0.3) is 0 Å². The number of carbonyl (C=O) groups excluding carboxylic acids is 1. The van der Waals surface area contributed by atoms with E-state index in [-0.39, 0.29) is 41.5 Å². The second-order valence-corrected chi connectivity index (χ2v) is 11.2. The Labute approximate surface area is 207 Å². The van der Waals surface area contributed by atoms with Crippen molar-refractivity contribution in [3.63, 3.8) is 0 Å². The molecule has 0 unspecified atom stereocenters. The molecule has 0 saturated heterocycles. The molecule has 1 fully saturated rings. The Balaban J connectivity index is 1.72. The number of fused-ring (bicyclic) bond motifs is 1. The maximum Gasteiger partial charge on any atom is 0.247 e. The van der Waals surface area contributed by atoms with Crippen molar-refractivity contribution < 1.29 is 23.1 Å². The zero-order valence-corrected chi connectivity index (χ0v) is 21.0. The van der Waals surface area contributed by atoms with Gasteiger partial charge in [-0.1, -0.05) is 18.9 Å². The second kappa shape index (κ2) is 10.4. The van der Waals surface area contributed by atoms with Crippen LogP contribution in [0.2, 0.25) is 0 Å². The van der Waals surface area contributed by atoms with Gasteiger partial charge in [-0.25, -0.2) is 13.4 Å². The van der Waals surface area contributed by atoms with Crippen molar-refractivity contribution in [3.8, 4) is 17.6 Å². The first kappa shape index (κ1) is 25.2. The van der Waals surface area contributed by atoms with Crippen molar-refractivity contribution >= 4 is 15.9 Å². The summed E-state index contributed by atoms with van der Waals surface area (Å²) < 4.78 is 34.8. The van der Waals surface area contributed by atoms with Crippen LogP contribution in [0.25, 0.3) is 0 Å². The van der Waals surface area contributed by atoms with E-state index < -0.39 is 22.2 Å². The van der Waals surface area contributed by atoms with Gasteiger partial charge in [-0.15, -0.1) is 0 Å². The first-order valence-electron chi connectivity index (χ1n) is 11.8. The van der Waals surface area contributed by atoms with Crippen molar-refractivity contribution in [3.05, 3.63) is 53.9 Å². The molecular weight excluding hydrogens is 466 g/mol. The molecule has 0 spiro atoms. The summed E-state index contributed by atoms with van der Waals surface area (Å²) in [5.74, 6) is 6.13. The summed E-state index contributed by atoms with van der Waals surface area (Å²) in [5, 5.41) is 9.78. The van der Waals surface area contributed by atoms with Gasteiger partial charge in [0, 0.05) is 43.2 Å². The van der Waals surface area contributed by atoms with Crippen LogP contribution in [0.3, 0.4) is 0 Å². The second-order valence-electron chi connectivity index (χ2n) is 9.36. The van der Waals surface area contributed by atoms with Crippen molar-refractivity contribution in [2.75, 3.05) is 26.7 Å². The fraction of sp³-hybridized carbons (Fsp3) is 0.462. The lowest BCUT2D eigenvalue weighted by molar-refractivity contribution is -0.132. The molecule has 9 heteroatoms. The topological polar surface area (TPSA) is 100 Å². The first-order chi connectivity index (χ1) is 16.7. The Bertz CT molecular complexity index is 1230. The summed E-state index contributed by atoms with van der Waals surface area (Å²) in [4.78, 5) is 18.5. The molecule has 8 nitrogen and oxygen atoms in total. The number of hydrogen-bond acceptors (Lipinski definition) is 6. The first-order valence-corrected chi connectivity index (χ1v) is 13.3. The number of likely N-dealkylation sites (N-methyl/N-ethyl adjacent to an activating group) is 1. The third-order valence-electron chi connectivity index (χ3n) is 6.42. The van der Waals surface area contributed by atoms with Gasteiger partial charge in [-0.05, 0) is 56.0 Å². The number of amides is 1. The third kappa shape index (κ3) is 5.67. The highest BCUT2D eigenvalue weighted by Gasteiger charge is 2.39. The fourth-order valence-electron chi connectivity index (χ4n) is 4.10. The monoisotopic (exact) mass is 497 g/mol. The van der Waals surface area contributed by atoms with Gasteiger partial charge in [0.2, 0.25) is 15.9 Å². The number of pyridine rings is 1. The Kier molecular flexibility index (Phi) is 7.45. The van der Waals surface area contributed by atoms with Gasteiger partial charge >= 0.3 is 0 Å². The minimum Gasteiger partial charge on any atom is -0.487 e. The lowest BCUT2D eigenvalue weighted by Gasteiger charge is -2.37. The standard InChI is InChI=1S/C26H31N3O5S/c1-18-15-29(19(2)17-30)35(32,33)25-12-8-20(7-11-22-6-4-5-13-27-22)14-23(25)34-24(18)16-28(3)26(31)21-9-10-21/h4-6,8,12-14,18-19,21,24,30H,9-10,15-17H2,1-3H3/t18-,19+,24+/m1/s1. The molecule has 0 bridgehead atoms. The predicted octanol–water partition coefficient (Wildman–Crippen LogP) is 2.12. The molecule has 4 rings (SSSR count). The van der Waals surface area contributed by atoms with Crippen LogP contribution in [-0.2, 0) is 14.8 Å². The summed E-state index contributed by atoms with van der Waals surface area (Å²) in [6.45, 7) is 3.78. The number of ether oxygens (including phenoxy) is 1. The number of aliphatic hydroxyl groups excluding tert-OH is 1. The number of hydrogen-bond donors (Lipinski definition) is 1. The molecule has 35 heavy (non-hydrogen) atoms. The van der Waals surface area contributed by atoms with E-state index in [1.54, 1.807) is 49.3 Å². The molecule has 2 heterocycles. The van der Waals surface area contributed by atoms with Crippen LogP contribution in [0.15, 0.2) is 47.5 Å². The molecule has 1 saturated carbocycles. The summed E-state index contributed by atoms with van der Waals surface area (Å²) >= 11 is 0. The molecule has 0 radical (unpaired) electrons. The molecular formula is C26H31N3O5S. The Morgan fingerprint density at radius 2 is 2.06 bits per heavy atom. The molecule has 1 aromatic carbocycles. The molecule has 2 aromatic rings. The van der Waals surface area contributed by atoms with E-state index in [2.05, 4.69) is 16.8 Å². The quantitative estimate of drug-likeness (QED) is 0.636. The lowest BCUT2D eigenvalue weighted by Crippen LogP contribution is -2.50. The van der Waals surface area contributed by atoms with Gasteiger partial charge in [0.1, 0.15) is 22.4 Å². The number of sulfonamides is 1. The van der Waals surface area contributed by atoms with E-state index in [9.17, 15) is 18.3 Å². The average molecular weight is 498 g/mol. The van der Waals surface area contributed by atoms with E-state index in [1.165, 1.54) is 10.4 Å². The molecule has 1 aliphatic heterocycles. The summed E-state index contributed by atoms with van der Waals surface area (Å²) in [5.41, 5.74) is 1.18. The van der Waals surface area contributed by atoms with Crippen molar-refractivity contribution in [1.82, 2.24) is 14.2 Å². The highest BCUT2D eigenvalue weighted by atomic mass is 32.2. The largest absolute Gasteiger partial charge is 0.487 e. The number of rotatable bonds is 5. The molecule has 3 atom stereocenters. The van der Waals surface area contributed by atoms with Crippen LogP contribution in [-0.4, -0.2) is 72.5 Å². The zero-order valence-electron chi connectivity index (χ0n) is 20.2. The summed E-state index contributed by atoms with van der Waals surface area (Å²) in [6.07, 6.45) is 3.03. The smallest absolute Gasteiger partial charge is 0.247 e. The van der Waals surface area contributed by atoms with E-state index >= 15 is 0 Å². The zero-order chi connectivity index (χ0) is 25.2. The molecule has 1 aliphatic carbocycles. The molecule has 1 amide bonds. The van der Waals surface area contributed by atoms with Gasteiger partial charge < -0.3 is 14.7 Å². The summed E-state index contributed by atoms with van der Waals surface area (Å²) in [6, 6.07) is 9.59. The molecule has 1 N–H and O–H groups in total. The van der Waals surface area contributed by atoms with E-state index in [4.69, 9.17) is 4.74 Å². The minimum absolute atomic E-state index is 0.0225. The normalized spacial score (nSPS) is 22.4. The van der Waals surface area contributed by atoms with E-state index in [1.807, 2.05) is 13.0 Å². The van der Waals surface area contributed by atoms with Crippen molar-refractivity contribution in [2.45, 2.75) is 43.7 Å². The maximum atomic E-state index is 13.6. The number of nitrogens with zero attached hydrogens (tertiary/aromatic N) is 3. The molecule has 1 aromatic heterocycles. The number of aromatic nitrogens is 1. The van der Waals surface area contributed by atoms with Crippen LogP contribution in [0.5, 0.6) is 5.75 Å². The van der Waals surface area contributed by atoms with E-state index in [0.29, 0.717) is 17.8 Å². The Morgan fingerprint density at radius 1 is 1.29 bits per heavy atom. The fourth-order valence-corrected chi connectivity index (χ4v) is 5.92. The minimum atomic E-state index is -3.94. The lowest BCUT2D eigenvalue weighted by atomic mass is 10.0. The van der Waals surface area contributed by atoms with Crippen LogP contribution in [0.1, 0.15) is 37.9 Å². The third-order valence-corrected chi connectivity index (χ3v) is 8.44. The van der Waals surface area contributed by atoms with Crippen LogP contribution < -0.4 is 4.74 Å².